The normalized spacial score (nSPS) is 14.0. The molecule has 2 rings (SSSR count). The molecule has 7 nitrogen and oxygen atoms in total. The minimum atomic E-state index is -0.967. The van der Waals surface area contributed by atoms with Crippen molar-refractivity contribution >= 4 is 42.1 Å². The fourth-order valence-electron chi connectivity index (χ4n) is 3.04. The Morgan fingerprint density at radius 2 is 1.96 bits per heavy atom. The van der Waals surface area contributed by atoms with Crippen molar-refractivity contribution in [3.63, 3.8) is 0 Å². The van der Waals surface area contributed by atoms with E-state index in [1.165, 1.54) is 18.8 Å². The molecule has 1 aliphatic heterocycles. The van der Waals surface area contributed by atoms with E-state index in [9.17, 15) is 24.0 Å². The Hall–Kier alpha value is -2.48. The van der Waals surface area contributed by atoms with E-state index >= 15 is 0 Å². The third-order valence-electron chi connectivity index (χ3n) is 4.57. The monoisotopic (exact) mass is 404 g/mol. The van der Waals surface area contributed by atoms with Crippen LogP contribution in [0.2, 0.25) is 0 Å². The number of hydrogen-bond acceptors (Lipinski definition) is 6. The molecule has 0 aliphatic carbocycles. The number of carbonyl (C=O) groups is 5. The maximum Gasteiger partial charge on any atom is 0.263 e. The second-order valence-corrected chi connectivity index (χ2v) is 7.58. The largest absolute Gasteiger partial charge is 0.359 e. The molecule has 0 saturated carbocycles. The van der Waals surface area contributed by atoms with Crippen LogP contribution in [0.15, 0.2) is 23.1 Å². The molecule has 0 aromatic heterocycles. The summed E-state index contributed by atoms with van der Waals surface area (Å²) in [6.45, 7) is 0. The second-order valence-electron chi connectivity index (χ2n) is 6.44. The summed E-state index contributed by atoms with van der Waals surface area (Å²) in [5.41, 5.74) is 0.625. The van der Waals surface area contributed by atoms with Crippen LogP contribution in [0.3, 0.4) is 0 Å². The van der Waals surface area contributed by atoms with Crippen LogP contribution >= 0.6 is 11.8 Å². The average molecular weight is 404 g/mol. The lowest BCUT2D eigenvalue weighted by Crippen LogP contribution is -2.41. The second kappa shape index (κ2) is 10.8. The standard InChI is InChI=1S/C20H24N2O5S/c1-21-17(25)10-9-14(13-24)22-19(26)15-7-6-8-16(18(15)20(22)27)28-12-5-3-2-4-11-23/h6-8,11,13-14H,2-5,9-10,12H2,1H3,(H,21,25). The number of rotatable bonds is 12. The lowest BCUT2D eigenvalue weighted by Gasteiger charge is -2.21. The zero-order chi connectivity index (χ0) is 20.5. The van der Waals surface area contributed by atoms with E-state index in [0.29, 0.717) is 28.7 Å². The molecular weight excluding hydrogens is 380 g/mol. The van der Waals surface area contributed by atoms with E-state index in [4.69, 9.17) is 0 Å². The molecule has 0 spiro atoms. The van der Waals surface area contributed by atoms with E-state index in [-0.39, 0.29) is 18.7 Å². The van der Waals surface area contributed by atoms with Gasteiger partial charge in [-0.2, -0.15) is 0 Å². The molecule has 1 aliphatic rings. The van der Waals surface area contributed by atoms with Gasteiger partial charge in [-0.15, -0.1) is 11.8 Å². The lowest BCUT2D eigenvalue weighted by molar-refractivity contribution is -0.121. The molecule has 1 aromatic rings. The van der Waals surface area contributed by atoms with E-state index in [2.05, 4.69) is 5.32 Å². The number of thioether (sulfide) groups is 1. The zero-order valence-corrected chi connectivity index (χ0v) is 16.6. The van der Waals surface area contributed by atoms with E-state index in [1.54, 1.807) is 18.2 Å². The van der Waals surface area contributed by atoms with Crippen molar-refractivity contribution in [1.29, 1.82) is 0 Å². The molecule has 8 heteroatoms. The van der Waals surface area contributed by atoms with Crippen molar-refractivity contribution in [3.05, 3.63) is 29.3 Å². The lowest BCUT2D eigenvalue weighted by atomic mass is 10.1. The highest BCUT2D eigenvalue weighted by Crippen LogP contribution is 2.34. The van der Waals surface area contributed by atoms with Gasteiger partial charge in [-0.3, -0.25) is 19.3 Å². The molecule has 150 valence electrons. The predicted octanol–water partition coefficient (Wildman–Crippen LogP) is 2.23. The van der Waals surface area contributed by atoms with Crippen LogP contribution in [-0.4, -0.2) is 54.0 Å². The minimum absolute atomic E-state index is 0.0513. The van der Waals surface area contributed by atoms with E-state index in [0.717, 1.165) is 36.2 Å². The smallest absolute Gasteiger partial charge is 0.263 e. The van der Waals surface area contributed by atoms with Crippen molar-refractivity contribution in [3.8, 4) is 0 Å². The molecule has 0 saturated heterocycles. The number of imide groups is 1. The van der Waals surface area contributed by atoms with Gasteiger partial charge in [0.25, 0.3) is 11.8 Å². The average Bonchev–Trinajstić information content (AvgIpc) is 2.96. The maximum atomic E-state index is 12.9. The summed E-state index contributed by atoms with van der Waals surface area (Å²) < 4.78 is 0. The highest BCUT2D eigenvalue weighted by Gasteiger charge is 2.41. The van der Waals surface area contributed by atoms with Gasteiger partial charge in [0.15, 0.2) is 0 Å². The number of nitrogens with one attached hydrogen (secondary N) is 1. The van der Waals surface area contributed by atoms with Gasteiger partial charge in [0, 0.05) is 24.8 Å². The first-order chi connectivity index (χ1) is 13.5. The van der Waals surface area contributed by atoms with Gasteiger partial charge in [-0.25, -0.2) is 0 Å². The van der Waals surface area contributed by atoms with Gasteiger partial charge in [-0.1, -0.05) is 12.5 Å². The minimum Gasteiger partial charge on any atom is -0.359 e. The molecule has 0 fully saturated rings. The van der Waals surface area contributed by atoms with Crippen molar-refractivity contribution in [2.24, 2.45) is 0 Å². The summed E-state index contributed by atoms with van der Waals surface area (Å²) >= 11 is 1.49. The Labute approximate surface area is 168 Å². The molecule has 3 amide bonds. The topological polar surface area (TPSA) is 101 Å². The summed E-state index contributed by atoms with van der Waals surface area (Å²) in [6, 6.07) is 4.14. The number of aldehydes is 2. The van der Waals surface area contributed by atoms with Crippen LogP contribution in [0.25, 0.3) is 0 Å². The number of unbranched alkanes of at least 4 members (excludes halogenated alkanes) is 3. The van der Waals surface area contributed by atoms with Crippen LogP contribution < -0.4 is 5.32 Å². The van der Waals surface area contributed by atoms with Crippen LogP contribution in [0.5, 0.6) is 0 Å². The Bertz CT molecular complexity index is 765. The molecule has 28 heavy (non-hydrogen) atoms. The molecule has 1 atom stereocenters. The third kappa shape index (κ3) is 5.07. The predicted molar refractivity (Wildman–Crippen MR) is 105 cm³/mol. The Balaban J connectivity index is 2.10. The summed E-state index contributed by atoms with van der Waals surface area (Å²) in [5.74, 6) is -0.473. The van der Waals surface area contributed by atoms with Crippen LogP contribution in [0.4, 0.5) is 0 Å². The number of hydrogen-bond donors (Lipinski definition) is 1. The molecule has 0 radical (unpaired) electrons. The summed E-state index contributed by atoms with van der Waals surface area (Å²) in [7, 11) is 1.49. The van der Waals surface area contributed by atoms with Gasteiger partial charge >= 0.3 is 0 Å². The first kappa shape index (κ1) is 21.8. The van der Waals surface area contributed by atoms with Crippen molar-refractivity contribution in [2.45, 2.75) is 49.5 Å². The van der Waals surface area contributed by atoms with Gasteiger partial charge in [0.05, 0.1) is 17.2 Å². The zero-order valence-electron chi connectivity index (χ0n) is 15.8. The summed E-state index contributed by atoms with van der Waals surface area (Å²) in [5, 5.41) is 2.46. The highest BCUT2D eigenvalue weighted by molar-refractivity contribution is 7.99. The van der Waals surface area contributed by atoms with E-state index < -0.39 is 17.9 Å². The SMILES string of the molecule is CNC(=O)CCC(C=O)N1C(=O)c2cccc(SCCCCCC=O)c2C1=O. The van der Waals surface area contributed by atoms with Crippen molar-refractivity contribution < 1.29 is 24.0 Å². The number of fused-ring (bicyclic) bond motifs is 1. The number of amides is 3. The molecule has 1 aromatic carbocycles. The molecule has 1 heterocycles. The quantitative estimate of drug-likeness (QED) is 0.248. The fraction of sp³-hybridized carbons (Fsp3) is 0.450. The molecule has 1 N–H and O–H groups in total. The molecule has 0 bridgehead atoms. The first-order valence-electron chi connectivity index (χ1n) is 9.28. The van der Waals surface area contributed by atoms with Crippen LogP contribution in [-0.2, 0) is 14.4 Å². The first-order valence-corrected chi connectivity index (χ1v) is 10.3. The van der Waals surface area contributed by atoms with Crippen LogP contribution in [0, 0.1) is 0 Å². The third-order valence-corrected chi connectivity index (χ3v) is 5.71. The molecule has 1 unspecified atom stereocenters. The number of carbonyl (C=O) groups excluding carboxylic acids is 5. The fourth-order valence-corrected chi connectivity index (χ4v) is 4.13. The number of nitrogens with zero attached hydrogens (tertiary/aromatic N) is 1. The Morgan fingerprint density at radius 1 is 1.18 bits per heavy atom. The Kier molecular flexibility index (Phi) is 8.38. The molecular formula is C20H24N2O5S. The van der Waals surface area contributed by atoms with Gasteiger partial charge < -0.3 is 14.9 Å². The van der Waals surface area contributed by atoms with Crippen molar-refractivity contribution in [1.82, 2.24) is 10.2 Å². The Morgan fingerprint density at radius 3 is 2.64 bits per heavy atom. The summed E-state index contributed by atoms with van der Waals surface area (Å²) in [6.07, 6.45) is 4.81. The van der Waals surface area contributed by atoms with Gasteiger partial charge in [0.2, 0.25) is 5.91 Å². The highest BCUT2D eigenvalue weighted by atomic mass is 32.2. The summed E-state index contributed by atoms with van der Waals surface area (Å²) in [4.78, 5) is 60.6. The number of benzene rings is 1. The van der Waals surface area contributed by atoms with E-state index in [1.807, 2.05) is 0 Å². The van der Waals surface area contributed by atoms with Gasteiger partial charge in [-0.05, 0) is 37.1 Å². The van der Waals surface area contributed by atoms with Crippen molar-refractivity contribution in [2.75, 3.05) is 12.8 Å². The van der Waals surface area contributed by atoms with Crippen LogP contribution in [0.1, 0.15) is 59.2 Å². The van der Waals surface area contributed by atoms with Gasteiger partial charge in [0.1, 0.15) is 12.6 Å². The maximum absolute atomic E-state index is 12.9.